The monoisotopic (exact) mass is 415 g/mol. The lowest BCUT2D eigenvalue weighted by molar-refractivity contribution is -0.130. The molecule has 0 bridgehead atoms. The summed E-state index contributed by atoms with van der Waals surface area (Å²) >= 11 is 0. The van der Waals surface area contributed by atoms with Crippen molar-refractivity contribution in [1.29, 1.82) is 0 Å². The van der Waals surface area contributed by atoms with Crippen molar-refractivity contribution in [2.45, 2.75) is 77.4 Å². The Hall–Kier alpha value is -2.34. The Bertz CT molecular complexity index is 737. The molecule has 1 fully saturated rings. The molecular weight excluding hydrogens is 378 g/mol. The van der Waals surface area contributed by atoms with Gasteiger partial charge in [0.25, 0.3) is 5.91 Å². The number of amides is 2. The highest BCUT2D eigenvalue weighted by Crippen LogP contribution is 2.32. The van der Waals surface area contributed by atoms with Gasteiger partial charge in [0.15, 0.2) is 6.61 Å². The van der Waals surface area contributed by atoms with Gasteiger partial charge in [-0.1, -0.05) is 25.5 Å². The number of nitrogens with one attached hydrogen (secondary N) is 1. The average Bonchev–Trinajstić information content (AvgIpc) is 2.63. The van der Waals surface area contributed by atoms with Gasteiger partial charge in [-0.2, -0.15) is 0 Å². The summed E-state index contributed by atoms with van der Waals surface area (Å²) in [7, 11) is 0. The Balaban J connectivity index is 2.10. The lowest BCUT2D eigenvalue weighted by atomic mass is 9.79. The first-order chi connectivity index (χ1) is 14.0. The van der Waals surface area contributed by atoms with Crippen molar-refractivity contribution in [2.75, 3.05) is 13.2 Å². The third kappa shape index (κ3) is 7.48. The second-order valence-corrected chi connectivity index (χ2v) is 9.50. The van der Waals surface area contributed by atoms with Crippen molar-refractivity contribution in [3.05, 3.63) is 35.9 Å². The van der Waals surface area contributed by atoms with E-state index in [9.17, 15) is 9.59 Å². The summed E-state index contributed by atoms with van der Waals surface area (Å²) < 4.78 is 5.27. The molecule has 166 valence electrons. The topological polar surface area (TPSA) is 84.7 Å². The highest BCUT2D eigenvalue weighted by atomic mass is 16.5. The second kappa shape index (κ2) is 10.1. The predicted molar refractivity (Wildman–Crippen MR) is 121 cm³/mol. The van der Waals surface area contributed by atoms with E-state index < -0.39 is 5.91 Å². The third-order valence-electron chi connectivity index (χ3n) is 5.32. The predicted octanol–water partition coefficient (Wildman–Crippen LogP) is 3.50. The molecule has 0 unspecified atom stereocenters. The van der Waals surface area contributed by atoms with Gasteiger partial charge < -0.3 is 20.7 Å². The van der Waals surface area contributed by atoms with Crippen LogP contribution in [-0.2, 0) is 9.59 Å². The lowest BCUT2D eigenvalue weighted by Crippen LogP contribution is -2.62. The standard InChI is InChI=1S/C24H37N3O3/c1-6-7-14-27(19-15-23(2,3)26-24(4,5)16-19)22(29)13-10-18-8-11-20(12-9-18)30-17-21(25)28/h8-13,19,26H,6-7,14-17H2,1-5H3,(H2,25,28)/b13-10+. The molecule has 2 rings (SSSR count). The minimum absolute atomic E-state index is 0.0123. The van der Waals surface area contributed by atoms with E-state index in [1.807, 2.05) is 18.2 Å². The zero-order chi connectivity index (χ0) is 22.4. The Morgan fingerprint density at radius 3 is 2.30 bits per heavy atom. The van der Waals surface area contributed by atoms with Crippen LogP contribution in [0.2, 0.25) is 0 Å². The molecule has 1 aromatic rings. The van der Waals surface area contributed by atoms with Crippen molar-refractivity contribution in [3.8, 4) is 5.75 Å². The molecule has 0 spiro atoms. The number of benzene rings is 1. The Morgan fingerprint density at radius 2 is 1.77 bits per heavy atom. The Morgan fingerprint density at radius 1 is 1.17 bits per heavy atom. The molecule has 0 atom stereocenters. The fourth-order valence-electron chi connectivity index (χ4n) is 4.38. The number of carbonyl (C=O) groups is 2. The maximum atomic E-state index is 13.1. The fourth-order valence-corrected chi connectivity index (χ4v) is 4.38. The van der Waals surface area contributed by atoms with Crippen molar-refractivity contribution in [2.24, 2.45) is 5.73 Å². The summed E-state index contributed by atoms with van der Waals surface area (Å²) in [4.78, 5) is 26.0. The summed E-state index contributed by atoms with van der Waals surface area (Å²) in [5, 5.41) is 3.70. The molecule has 3 N–H and O–H groups in total. The zero-order valence-corrected chi connectivity index (χ0v) is 19.0. The van der Waals surface area contributed by atoms with E-state index in [1.54, 1.807) is 18.2 Å². The van der Waals surface area contributed by atoms with Crippen LogP contribution < -0.4 is 15.8 Å². The lowest BCUT2D eigenvalue weighted by Gasteiger charge is -2.49. The minimum Gasteiger partial charge on any atom is -0.484 e. The highest BCUT2D eigenvalue weighted by Gasteiger charge is 2.40. The molecule has 0 saturated carbocycles. The van der Waals surface area contributed by atoms with Gasteiger partial charge in [-0.25, -0.2) is 0 Å². The number of hydrogen-bond donors (Lipinski definition) is 2. The van der Waals surface area contributed by atoms with Crippen LogP contribution in [0, 0.1) is 0 Å². The third-order valence-corrected chi connectivity index (χ3v) is 5.32. The largest absolute Gasteiger partial charge is 0.484 e. The average molecular weight is 416 g/mol. The quantitative estimate of drug-likeness (QED) is 0.605. The van der Waals surface area contributed by atoms with Gasteiger partial charge in [0.2, 0.25) is 5.91 Å². The number of hydrogen-bond acceptors (Lipinski definition) is 4. The van der Waals surface area contributed by atoms with E-state index in [1.165, 1.54) is 0 Å². The van der Waals surface area contributed by atoms with Crippen molar-refractivity contribution >= 4 is 17.9 Å². The summed E-state index contributed by atoms with van der Waals surface area (Å²) in [5.74, 6) is 0.109. The van der Waals surface area contributed by atoms with Gasteiger partial charge >= 0.3 is 0 Å². The number of rotatable bonds is 9. The van der Waals surface area contributed by atoms with Crippen LogP contribution in [0.25, 0.3) is 6.08 Å². The van der Waals surface area contributed by atoms with E-state index in [0.29, 0.717) is 5.75 Å². The molecule has 30 heavy (non-hydrogen) atoms. The number of primary amides is 1. The van der Waals surface area contributed by atoms with E-state index in [-0.39, 0.29) is 29.6 Å². The maximum absolute atomic E-state index is 13.1. The highest BCUT2D eigenvalue weighted by molar-refractivity contribution is 5.92. The van der Waals surface area contributed by atoms with E-state index >= 15 is 0 Å². The fraction of sp³-hybridized carbons (Fsp3) is 0.583. The molecule has 0 aromatic heterocycles. The molecule has 0 aliphatic carbocycles. The number of nitrogens with two attached hydrogens (primary N) is 1. The zero-order valence-electron chi connectivity index (χ0n) is 19.0. The van der Waals surface area contributed by atoms with Crippen LogP contribution >= 0.6 is 0 Å². The van der Waals surface area contributed by atoms with E-state index in [4.69, 9.17) is 10.5 Å². The SMILES string of the molecule is CCCCN(C(=O)/C=C/c1ccc(OCC(N)=O)cc1)C1CC(C)(C)NC(C)(C)C1. The Kier molecular flexibility index (Phi) is 8.07. The first-order valence-corrected chi connectivity index (χ1v) is 10.8. The number of piperidine rings is 1. The minimum atomic E-state index is -0.513. The van der Waals surface area contributed by atoms with Gasteiger partial charge in [0.05, 0.1) is 0 Å². The molecule has 1 saturated heterocycles. The van der Waals surface area contributed by atoms with Crippen LogP contribution in [-0.4, -0.2) is 47.0 Å². The van der Waals surface area contributed by atoms with Crippen LogP contribution in [0.15, 0.2) is 30.3 Å². The van der Waals surface area contributed by atoms with Crippen LogP contribution in [0.1, 0.15) is 65.9 Å². The first kappa shape index (κ1) is 23.9. The molecule has 1 heterocycles. The summed E-state index contributed by atoms with van der Waals surface area (Å²) in [6, 6.07) is 7.45. The normalized spacial score (nSPS) is 18.3. The second-order valence-electron chi connectivity index (χ2n) is 9.50. The molecule has 1 aromatic carbocycles. The van der Waals surface area contributed by atoms with Crippen LogP contribution in [0.5, 0.6) is 5.75 Å². The van der Waals surface area contributed by atoms with Gasteiger partial charge in [-0.15, -0.1) is 0 Å². The van der Waals surface area contributed by atoms with Crippen molar-refractivity contribution in [3.63, 3.8) is 0 Å². The Labute approximate surface area is 180 Å². The molecule has 6 heteroatoms. The molecule has 6 nitrogen and oxygen atoms in total. The smallest absolute Gasteiger partial charge is 0.255 e. The first-order valence-electron chi connectivity index (χ1n) is 10.8. The van der Waals surface area contributed by atoms with Crippen LogP contribution in [0.3, 0.4) is 0 Å². The van der Waals surface area contributed by atoms with E-state index in [2.05, 4.69) is 44.8 Å². The number of nitrogens with zero attached hydrogens (tertiary/aromatic N) is 1. The van der Waals surface area contributed by atoms with Gasteiger partial charge in [-0.05, 0) is 70.7 Å². The number of carbonyl (C=O) groups excluding carboxylic acids is 2. The van der Waals surface area contributed by atoms with Gasteiger partial charge in [0.1, 0.15) is 5.75 Å². The molecule has 2 amide bonds. The van der Waals surface area contributed by atoms with Crippen LogP contribution in [0.4, 0.5) is 0 Å². The van der Waals surface area contributed by atoms with Gasteiger partial charge in [-0.3, -0.25) is 9.59 Å². The van der Waals surface area contributed by atoms with E-state index in [0.717, 1.165) is 37.8 Å². The molecular formula is C24H37N3O3. The van der Waals surface area contributed by atoms with Gasteiger partial charge in [0, 0.05) is 29.7 Å². The number of unbranched alkanes of at least 4 members (excludes halogenated alkanes) is 1. The van der Waals surface area contributed by atoms with Crippen molar-refractivity contribution < 1.29 is 14.3 Å². The molecule has 0 radical (unpaired) electrons. The maximum Gasteiger partial charge on any atom is 0.255 e. The molecule has 1 aliphatic heterocycles. The van der Waals surface area contributed by atoms with Crippen molar-refractivity contribution in [1.82, 2.24) is 10.2 Å². The molecule has 1 aliphatic rings. The summed E-state index contributed by atoms with van der Waals surface area (Å²) in [5.41, 5.74) is 5.96. The summed E-state index contributed by atoms with van der Waals surface area (Å²) in [6.07, 6.45) is 7.42. The number of ether oxygens (including phenoxy) is 1. The summed E-state index contributed by atoms with van der Waals surface area (Å²) in [6.45, 7) is 11.6.